The van der Waals surface area contributed by atoms with Crippen LogP contribution in [-0.2, 0) is 4.74 Å². The second-order valence-corrected chi connectivity index (χ2v) is 4.28. The number of rotatable bonds is 2. The Kier molecular flexibility index (Phi) is 3.28. The van der Waals surface area contributed by atoms with Gasteiger partial charge in [-0.1, -0.05) is 0 Å². The van der Waals surface area contributed by atoms with E-state index in [-0.39, 0.29) is 23.9 Å². The number of hydrogen-bond donors (Lipinski definition) is 1. The Bertz CT molecular complexity index is 422. The lowest BCUT2D eigenvalue weighted by atomic mass is 10.1. The van der Waals surface area contributed by atoms with Gasteiger partial charge in [-0.2, -0.15) is 0 Å². The number of nitrogen functional groups attached to an aromatic ring is 1. The summed E-state index contributed by atoms with van der Waals surface area (Å²) in [5.41, 5.74) is 6.16. The number of nitrogens with zero attached hydrogens (tertiary/aromatic N) is 2. The van der Waals surface area contributed by atoms with Crippen LogP contribution in [0.15, 0.2) is 18.3 Å². The molecule has 0 bridgehead atoms. The molecule has 92 valence electrons. The molecule has 1 saturated heterocycles. The number of ether oxygens (including phenoxy) is 1. The second kappa shape index (κ2) is 4.71. The molecule has 1 amide bonds. The zero-order valence-corrected chi connectivity index (χ0v) is 10.1. The molecule has 0 aromatic carbocycles. The summed E-state index contributed by atoms with van der Waals surface area (Å²) >= 11 is 0. The van der Waals surface area contributed by atoms with E-state index in [4.69, 9.17) is 10.5 Å². The molecule has 2 heterocycles. The molecule has 17 heavy (non-hydrogen) atoms. The summed E-state index contributed by atoms with van der Waals surface area (Å²) in [6, 6.07) is 3.52. The summed E-state index contributed by atoms with van der Waals surface area (Å²) in [6.45, 7) is 2.68. The molecule has 2 unspecified atom stereocenters. The van der Waals surface area contributed by atoms with Gasteiger partial charge in [0.2, 0.25) is 0 Å². The highest BCUT2D eigenvalue weighted by Crippen LogP contribution is 2.21. The highest BCUT2D eigenvalue weighted by molar-refractivity contribution is 5.98. The number of carbonyl (C=O) groups is 1. The SMILES string of the molecule is CC1OCCC1N(C)C(=O)c1cccnc1N. The maximum absolute atomic E-state index is 12.2. The van der Waals surface area contributed by atoms with E-state index in [1.165, 1.54) is 0 Å². The predicted octanol–water partition coefficient (Wildman–Crippen LogP) is 0.913. The quantitative estimate of drug-likeness (QED) is 0.827. The Morgan fingerprint density at radius 1 is 1.65 bits per heavy atom. The third kappa shape index (κ3) is 2.24. The Morgan fingerprint density at radius 2 is 2.41 bits per heavy atom. The van der Waals surface area contributed by atoms with Gasteiger partial charge in [0.25, 0.3) is 5.91 Å². The zero-order valence-electron chi connectivity index (χ0n) is 10.1. The van der Waals surface area contributed by atoms with Crippen LogP contribution in [0, 0.1) is 0 Å². The van der Waals surface area contributed by atoms with Crippen LogP contribution in [0.5, 0.6) is 0 Å². The first-order valence-corrected chi connectivity index (χ1v) is 5.70. The number of anilines is 1. The standard InChI is InChI=1S/C12H17N3O2/c1-8-10(5-7-17-8)15(2)12(16)9-4-3-6-14-11(9)13/h3-4,6,8,10H,5,7H2,1-2H3,(H2,13,14). The molecule has 0 saturated carbocycles. The van der Waals surface area contributed by atoms with Crippen molar-refractivity contribution in [3.63, 3.8) is 0 Å². The summed E-state index contributed by atoms with van der Waals surface area (Å²) in [5.74, 6) is 0.175. The van der Waals surface area contributed by atoms with Crippen LogP contribution >= 0.6 is 0 Å². The molecule has 0 spiro atoms. The van der Waals surface area contributed by atoms with Crippen molar-refractivity contribution >= 4 is 11.7 Å². The van der Waals surface area contributed by atoms with Crippen molar-refractivity contribution in [3.8, 4) is 0 Å². The molecule has 1 fully saturated rings. The van der Waals surface area contributed by atoms with Crippen molar-refractivity contribution in [3.05, 3.63) is 23.9 Å². The van der Waals surface area contributed by atoms with Crippen molar-refractivity contribution in [2.75, 3.05) is 19.4 Å². The first-order chi connectivity index (χ1) is 8.11. The van der Waals surface area contributed by atoms with Gasteiger partial charge in [-0.15, -0.1) is 0 Å². The highest BCUT2D eigenvalue weighted by atomic mass is 16.5. The van der Waals surface area contributed by atoms with Crippen LogP contribution in [0.1, 0.15) is 23.7 Å². The van der Waals surface area contributed by atoms with E-state index in [1.54, 1.807) is 30.3 Å². The fourth-order valence-electron chi connectivity index (χ4n) is 2.17. The molecule has 1 aromatic heterocycles. The van der Waals surface area contributed by atoms with Gasteiger partial charge in [0.15, 0.2) is 0 Å². The lowest BCUT2D eigenvalue weighted by Gasteiger charge is -2.27. The molecule has 0 radical (unpaired) electrons. The normalized spacial score (nSPS) is 23.6. The van der Waals surface area contributed by atoms with Crippen molar-refractivity contribution in [1.29, 1.82) is 0 Å². The number of aromatic nitrogens is 1. The molecule has 0 aliphatic carbocycles. The molecule has 2 atom stereocenters. The van der Waals surface area contributed by atoms with Crippen molar-refractivity contribution in [2.45, 2.75) is 25.5 Å². The van der Waals surface area contributed by atoms with Gasteiger partial charge in [-0.05, 0) is 25.5 Å². The van der Waals surface area contributed by atoms with E-state index >= 15 is 0 Å². The predicted molar refractivity (Wildman–Crippen MR) is 64.6 cm³/mol. The van der Waals surface area contributed by atoms with Crippen LogP contribution in [0.3, 0.4) is 0 Å². The average Bonchev–Trinajstić information content (AvgIpc) is 2.74. The molecule has 1 aromatic rings. The van der Waals surface area contributed by atoms with Crippen LogP contribution < -0.4 is 5.73 Å². The first kappa shape index (κ1) is 11.9. The molecular formula is C12H17N3O2. The van der Waals surface area contributed by atoms with Gasteiger partial charge in [0, 0.05) is 19.9 Å². The fraction of sp³-hybridized carbons (Fsp3) is 0.500. The van der Waals surface area contributed by atoms with Gasteiger partial charge >= 0.3 is 0 Å². The van der Waals surface area contributed by atoms with E-state index in [0.29, 0.717) is 12.2 Å². The molecule has 2 N–H and O–H groups in total. The second-order valence-electron chi connectivity index (χ2n) is 4.28. The monoisotopic (exact) mass is 235 g/mol. The molecule has 5 nitrogen and oxygen atoms in total. The highest BCUT2D eigenvalue weighted by Gasteiger charge is 2.31. The number of carbonyl (C=O) groups excluding carboxylic acids is 1. The summed E-state index contributed by atoms with van der Waals surface area (Å²) in [6.07, 6.45) is 2.51. The maximum Gasteiger partial charge on any atom is 0.257 e. The van der Waals surface area contributed by atoms with Crippen molar-refractivity contribution in [2.24, 2.45) is 0 Å². The van der Waals surface area contributed by atoms with Crippen LogP contribution in [-0.4, -0.2) is 41.6 Å². The van der Waals surface area contributed by atoms with Crippen molar-refractivity contribution in [1.82, 2.24) is 9.88 Å². The van der Waals surface area contributed by atoms with E-state index < -0.39 is 0 Å². The minimum atomic E-state index is -0.0991. The molecule has 2 rings (SSSR count). The van der Waals surface area contributed by atoms with E-state index in [1.807, 2.05) is 6.92 Å². The summed E-state index contributed by atoms with van der Waals surface area (Å²) < 4.78 is 5.46. The van der Waals surface area contributed by atoms with Gasteiger partial charge < -0.3 is 15.4 Å². The third-order valence-corrected chi connectivity index (χ3v) is 3.22. The average molecular weight is 235 g/mol. The molecule has 1 aliphatic heterocycles. The summed E-state index contributed by atoms with van der Waals surface area (Å²) in [4.78, 5) is 17.9. The summed E-state index contributed by atoms with van der Waals surface area (Å²) in [7, 11) is 1.78. The number of amides is 1. The lowest BCUT2D eigenvalue weighted by Crippen LogP contribution is -2.41. The van der Waals surface area contributed by atoms with E-state index in [9.17, 15) is 4.79 Å². The zero-order chi connectivity index (χ0) is 12.4. The van der Waals surface area contributed by atoms with Crippen LogP contribution in [0.4, 0.5) is 5.82 Å². The van der Waals surface area contributed by atoms with Crippen molar-refractivity contribution < 1.29 is 9.53 Å². The first-order valence-electron chi connectivity index (χ1n) is 5.70. The Labute approximate surface area is 101 Å². The van der Waals surface area contributed by atoms with Gasteiger partial charge in [0.05, 0.1) is 17.7 Å². The minimum absolute atomic E-state index is 0.0712. The van der Waals surface area contributed by atoms with Gasteiger partial charge in [0.1, 0.15) is 5.82 Å². The van der Waals surface area contributed by atoms with Crippen LogP contribution in [0.2, 0.25) is 0 Å². The molecule has 1 aliphatic rings. The lowest BCUT2D eigenvalue weighted by molar-refractivity contribution is 0.0575. The van der Waals surface area contributed by atoms with Gasteiger partial charge in [-0.3, -0.25) is 4.79 Å². The van der Waals surface area contributed by atoms with Crippen LogP contribution in [0.25, 0.3) is 0 Å². The topological polar surface area (TPSA) is 68.5 Å². The maximum atomic E-state index is 12.2. The third-order valence-electron chi connectivity index (χ3n) is 3.22. The number of nitrogens with two attached hydrogens (primary N) is 1. The Morgan fingerprint density at radius 3 is 3.00 bits per heavy atom. The minimum Gasteiger partial charge on any atom is -0.383 e. The number of pyridine rings is 1. The summed E-state index contributed by atoms with van der Waals surface area (Å²) in [5, 5.41) is 0. The number of likely N-dealkylation sites (N-methyl/N-ethyl adjacent to an activating group) is 1. The van der Waals surface area contributed by atoms with E-state index in [2.05, 4.69) is 4.98 Å². The largest absolute Gasteiger partial charge is 0.383 e. The van der Waals surface area contributed by atoms with Gasteiger partial charge in [-0.25, -0.2) is 4.98 Å². The van der Waals surface area contributed by atoms with E-state index in [0.717, 1.165) is 6.42 Å². The molecule has 5 heteroatoms. The smallest absolute Gasteiger partial charge is 0.257 e. The number of hydrogen-bond acceptors (Lipinski definition) is 4. The fourth-order valence-corrected chi connectivity index (χ4v) is 2.17. The Hall–Kier alpha value is -1.62. The molecular weight excluding hydrogens is 218 g/mol. The Balaban J connectivity index is 2.17.